The van der Waals surface area contributed by atoms with Crippen molar-refractivity contribution in [3.63, 3.8) is 0 Å². The fourth-order valence-electron chi connectivity index (χ4n) is 0.805. The van der Waals surface area contributed by atoms with Crippen LogP contribution in [0.2, 0.25) is 0 Å². The van der Waals surface area contributed by atoms with Gasteiger partial charge in [-0.3, -0.25) is 4.79 Å². The molecule has 6 N–H and O–H groups in total. The predicted molar refractivity (Wildman–Crippen MR) is 47.2 cm³/mol. The van der Waals surface area contributed by atoms with Gasteiger partial charge in [-0.25, -0.2) is 0 Å². The number of azide groups is 1. The topological polar surface area (TPSA) is 173 Å². The van der Waals surface area contributed by atoms with Gasteiger partial charge >= 0.3 is 0 Å². The van der Waals surface area contributed by atoms with Gasteiger partial charge in [0.2, 0.25) is 5.91 Å². The SMILES string of the molecule is [N-]=[N+]=NC(=O)[C@@H](N)[C@@H](O)[C@H](O)[C@H](O)CO. The van der Waals surface area contributed by atoms with Crippen LogP contribution >= 0.6 is 0 Å². The van der Waals surface area contributed by atoms with E-state index in [1.54, 1.807) is 0 Å². The summed E-state index contributed by atoms with van der Waals surface area (Å²) < 4.78 is 0. The van der Waals surface area contributed by atoms with E-state index in [2.05, 4.69) is 10.0 Å². The van der Waals surface area contributed by atoms with Gasteiger partial charge in [0.05, 0.1) is 12.6 Å². The molecule has 0 aliphatic heterocycles. The molecule has 0 aliphatic carbocycles. The third-order valence-corrected chi connectivity index (χ3v) is 1.73. The lowest BCUT2D eigenvalue weighted by molar-refractivity contribution is -0.128. The molecule has 0 radical (unpaired) electrons. The van der Waals surface area contributed by atoms with E-state index >= 15 is 0 Å². The number of amides is 1. The van der Waals surface area contributed by atoms with E-state index < -0.39 is 36.9 Å². The number of rotatable bonds is 5. The summed E-state index contributed by atoms with van der Waals surface area (Å²) in [5.74, 6) is -1.17. The maximum atomic E-state index is 10.8. The Morgan fingerprint density at radius 3 is 2.33 bits per heavy atom. The average Bonchev–Trinajstić information content (AvgIpc) is 2.25. The van der Waals surface area contributed by atoms with Crippen LogP contribution in [-0.2, 0) is 4.79 Å². The van der Waals surface area contributed by atoms with Crippen molar-refractivity contribution in [3.05, 3.63) is 10.4 Å². The molecule has 0 saturated carbocycles. The Kier molecular flexibility index (Phi) is 5.79. The molecule has 0 saturated heterocycles. The van der Waals surface area contributed by atoms with E-state index in [0.717, 1.165) is 0 Å². The summed E-state index contributed by atoms with van der Waals surface area (Å²) in [6.07, 6.45) is -5.27. The Labute approximate surface area is 84.4 Å². The quantitative estimate of drug-likeness (QED) is 0.190. The lowest BCUT2D eigenvalue weighted by Crippen LogP contribution is -2.52. The van der Waals surface area contributed by atoms with Crippen molar-refractivity contribution in [2.75, 3.05) is 6.61 Å². The summed E-state index contributed by atoms with van der Waals surface area (Å²) in [6, 6.07) is -1.66. The summed E-state index contributed by atoms with van der Waals surface area (Å²) >= 11 is 0. The van der Waals surface area contributed by atoms with Crippen LogP contribution in [0.25, 0.3) is 10.4 Å². The first-order chi connectivity index (χ1) is 6.95. The molecule has 4 atom stereocenters. The molecule has 9 heteroatoms. The van der Waals surface area contributed by atoms with Gasteiger partial charge in [-0.2, -0.15) is 0 Å². The third kappa shape index (κ3) is 3.80. The van der Waals surface area contributed by atoms with Crippen LogP contribution in [0, 0.1) is 0 Å². The molecule has 0 aliphatic rings. The minimum atomic E-state index is -1.83. The lowest BCUT2D eigenvalue weighted by atomic mass is 10.0. The summed E-state index contributed by atoms with van der Waals surface area (Å²) in [6.45, 7) is -0.805. The first-order valence-corrected chi connectivity index (χ1v) is 3.95. The van der Waals surface area contributed by atoms with Crippen molar-refractivity contribution in [3.8, 4) is 0 Å². The summed E-state index contributed by atoms with van der Waals surface area (Å²) in [5.41, 5.74) is 13.0. The van der Waals surface area contributed by atoms with Gasteiger partial charge in [-0.05, 0) is 10.6 Å². The number of aliphatic hydroxyl groups excluding tert-OH is 4. The van der Waals surface area contributed by atoms with Crippen molar-refractivity contribution in [1.29, 1.82) is 0 Å². The van der Waals surface area contributed by atoms with E-state index in [0.29, 0.717) is 0 Å². The number of hydrogen-bond acceptors (Lipinski definition) is 6. The zero-order chi connectivity index (χ0) is 12.0. The summed E-state index contributed by atoms with van der Waals surface area (Å²) in [5, 5.41) is 38.4. The van der Waals surface area contributed by atoms with Crippen LogP contribution < -0.4 is 5.73 Å². The second-order valence-electron chi connectivity index (χ2n) is 2.78. The van der Waals surface area contributed by atoms with Crippen LogP contribution in [0.15, 0.2) is 5.11 Å². The van der Waals surface area contributed by atoms with E-state index in [1.807, 2.05) is 0 Å². The Balaban J connectivity index is 4.49. The standard InChI is InChI=1S/C6H12N4O5/c7-3(6(15)9-10-8)5(14)4(13)2(12)1-11/h2-5,11-14H,1,7H2/t2-,3+,4-,5-/m1/s1. The normalized spacial score (nSPS) is 18.5. The Morgan fingerprint density at radius 1 is 1.40 bits per heavy atom. The summed E-state index contributed by atoms with van der Waals surface area (Å²) in [7, 11) is 0. The maximum Gasteiger partial charge on any atom is 0.238 e. The Bertz CT molecular complexity index is 266. The fourth-order valence-corrected chi connectivity index (χ4v) is 0.805. The number of carbonyl (C=O) groups excluding carboxylic acids is 1. The molecule has 0 aromatic carbocycles. The lowest BCUT2D eigenvalue weighted by Gasteiger charge is -2.24. The van der Waals surface area contributed by atoms with Crippen LogP contribution in [-0.4, -0.2) is 57.3 Å². The van der Waals surface area contributed by atoms with Gasteiger partial charge in [0.1, 0.15) is 18.3 Å². The molecule has 86 valence electrons. The van der Waals surface area contributed by atoms with Crippen molar-refractivity contribution in [2.24, 2.45) is 10.8 Å². The minimum Gasteiger partial charge on any atom is -0.394 e. The zero-order valence-corrected chi connectivity index (χ0v) is 7.63. The maximum absolute atomic E-state index is 10.8. The van der Waals surface area contributed by atoms with E-state index in [4.69, 9.17) is 26.6 Å². The van der Waals surface area contributed by atoms with Crippen LogP contribution in [0.1, 0.15) is 0 Å². The molecule has 0 spiro atoms. The van der Waals surface area contributed by atoms with Crippen LogP contribution in [0.3, 0.4) is 0 Å². The van der Waals surface area contributed by atoms with Gasteiger partial charge in [0.25, 0.3) is 0 Å². The van der Waals surface area contributed by atoms with E-state index in [-0.39, 0.29) is 0 Å². The minimum absolute atomic E-state index is 0.805. The molecule has 0 rings (SSSR count). The number of nitrogens with zero attached hydrogens (tertiary/aromatic N) is 3. The highest BCUT2D eigenvalue weighted by Crippen LogP contribution is 2.04. The van der Waals surface area contributed by atoms with Gasteiger partial charge in [-0.15, -0.1) is 0 Å². The molecular formula is C6H12N4O5. The highest BCUT2D eigenvalue weighted by Gasteiger charge is 2.32. The molecule has 0 aromatic heterocycles. The van der Waals surface area contributed by atoms with Crippen molar-refractivity contribution >= 4 is 5.91 Å². The smallest absolute Gasteiger partial charge is 0.238 e. The van der Waals surface area contributed by atoms with Crippen molar-refractivity contribution in [1.82, 2.24) is 0 Å². The number of aliphatic hydroxyl groups is 4. The molecule has 15 heavy (non-hydrogen) atoms. The zero-order valence-electron chi connectivity index (χ0n) is 7.63. The van der Waals surface area contributed by atoms with Crippen molar-refractivity contribution in [2.45, 2.75) is 24.4 Å². The van der Waals surface area contributed by atoms with Gasteiger partial charge in [0.15, 0.2) is 0 Å². The number of carbonyl (C=O) groups is 1. The number of nitrogens with two attached hydrogens (primary N) is 1. The van der Waals surface area contributed by atoms with E-state index in [9.17, 15) is 9.90 Å². The second-order valence-corrected chi connectivity index (χ2v) is 2.78. The molecule has 0 fully saturated rings. The van der Waals surface area contributed by atoms with Crippen LogP contribution in [0.4, 0.5) is 0 Å². The first kappa shape index (κ1) is 13.8. The van der Waals surface area contributed by atoms with Gasteiger partial charge in [0, 0.05) is 4.91 Å². The highest BCUT2D eigenvalue weighted by molar-refractivity contribution is 5.82. The fraction of sp³-hybridized carbons (Fsp3) is 0.833. The van der Waals surface area contributed by atoms with Crippen LogP contribution in [0.5, 0.6) is 0 Å². The van der Waals surface area contributed by atoms with Gasteiger partial charge in [-0.1, -0.05) is 0 Å². The predicted octanol–water partition coefficient (Wildman–Crippen LogP) is -2.77. The van der Waals surface area contributed by atoms with Crippen molar-refractivity contribution < 1.29 is 25.2 Å². The Hall–Kier alpha value is -1.22. The molecular weight excluding hydrogens is 208 g/mol. The Morgan fingerprint density at radius 2 is 1.93 bits per heavy atom. The summed E-state index contributed by atoms with van der Waals surface area (Å²) in [4.78, 5) is 13.0. The largest absolute Gasteiger partial charge is 0.394 e. The molecule has 0 bridgehead atoms. The van der Waals surface area contributed by atoms with E-state index in [1.165, 1.54) is 0 Å². The monoisotopic (exact) mass is 220 g/mol. The average molecular weight is 220 g/mol. The molecule has 0 heterocycles. The number of hydrogen-bond donors (Lipinski definition) is 5. The third-order valence-electron chi connectivity index (χ3n) is 1.73. The first-order valence-electron chi connectivity index (χ1n) is 3.95. The molecule has 0 unspecified atom stereocenters. The molecule has 0 aromatic rings. The molecule has 1 amide bonds. The van der Waals surface area contributed by atoms with Gasteiger partial charge < -0.3 is 26.2 Å². The molecule has 9 nitrogen and oxygen atoms in total. The highest BCUT2D eigenvalue weighted by atomic mass is 16.4. The second kappa shape index (κ2) is 6.30.